The van der Waals surface area contributed by atoms with Gasteiger partial charge in [-0.15, -0.1) is 11.3 Å². The fourth-order valence-electron chi connectivity index (χ4n) is 3.28. The van der Waals surface area contributed by atoms with Crippen molar-refractivity contribution in [3.05, 3.63) is 22.4 Å². The number of nitrogens with zero attached hydrogens (tertiary/aromatic N) is 1. The van der Waals surface area contributed by atoms with E-state index >= 15 is 0 Å². The molecule has 1 aromatic rings. The second-order valence-corrected chi connectivity index (χ2v) is 7.78. The van der Waals surface area contributed by atoms with Crippen LogP contribution in [0.1, 0.15) is 51.0 Å². The quantitative estimate of drug-likeness (QED) is 0.906. The smallest absolute Gasteiger partial charge is 0.0410 e. The molecule has 0 saturated heterocycles. The van der Waals surface area contributed by atoms with Crippen molar-refractivity contribution in [1.82, 2.24) is 4.90 Å². The lowest BCUT2D eigenvalue weighted by Crippen LogP contribution is -2.49. The Morgan fingerprint density at radius 1 is 1.53 bits per heavy atom. The highest BCUT2D eigenvalue weighted by molar-refractivity contribution is 7.10. The molecule has 2 nitrogen and oxygen atoms in total. The van der Waals surface area contributed by atoms with Crippen molar-refractivity contribution < 1.29 is 0 Å². The predicted octanol–water partition coefficient (Wildman–Crippen LogP) is 3.89. The van der Waals surface area contributed by atoms with Crippen molar-refractivity contribution in [2.24, 2.45) is 17.1 Å². The van der Waals surface area contributed by atoms with Crippen LogP contribution in [-0.4, -0.2) is 24.5 Å². The third-order valence-corrected chi connectivity index (χ3v) is 5.99. The summed E-state index contributed by atoms with van der Waals surface area (Å²) in [5, 5.41) is 2.16. The standard InChI is InChI=1S/C16H28N2S/c1-12(14-8-6-10-19-14)18(4)11-13-7-5-9-16(2,3)15(13)17/h6,8,10,12-13,15H,5,7,9,11,17H2,1-4H3. The zero-order valence-corrected chi connectivity index (χ0v) is 13.5. The Morgan fingerprint density at radius 2 is 2.26 bits per heavy atom. The van der Waals surface area contributed by atoms with Gasteiger partial charge in [0.05, 0.1) is 0 Å². The summed E-state index contributed by atoms with van der Waals surface area (Å²) in [5.41, 5.74) is 6.80. The minimum atomic E-state index is 0.302. The van der Waals surface area contributed by atoms with Gasteiger partial charge in [0.2, 0.25) is 0 Å². The molecule has 2 rings (SSSR count). The first-order chi connectivity index (χ1) is 8.92. The van der Waals surface area contributed by atoms with Gasteiger partial charge >= 0.3 is 0 Å². The van der Waals surface area contributed by atoms with Gasteiger partial charge < -0.3 is 5.73 Å². The molecule has 19 heavy (non-hydrogen) atoms. The van der Waals surface area contributed by atoms with Gasteiger partial charge in [-0.05, 0) is 49.6 Å². The van der Waals surface area contributed by atoms with Gasteiger partial charge in [0.1, 0.15) is 0 Å². The maximum atomic E-state index is 6.50. The molecule has 0 radical (unpaired) electrons. The van der Waals surface area contributed by atoms with Crippen LogP contribution in [0.4, 0.5) is 0 Å². The first kappa shape index (κ1) is 15.0. The van der Waals surface area contributed by atoms with Gasteiger partial charge in [0.15, 0.2) is 0 Å². The second kappa shape index (κ2) is 5.94. The normalized spacial score (nSPS) is 28.5. The SMILES string of the molecule is CC(c1cccs1)N(C)CC1CCCC(C)(C)C1N. The highest BCUT2D eigenvalue weighted by Crippen LogP contribution is 2.38. The van der Waals surface area contributed by atoms with Gasteiger partial charge in [-0.25, -0.2) is 0 Å². The van der Waals surface area contributed by atoms with Crippen LogP contribution < -0.4 is 5.73 Å². The molecule has 3 atom stereocenters. The largest absolute Gasteiger partial charge is 0.327 e. The van der Waals surface area contributed by atoms with E-state index in [4.69, 9.17) is 5.73 Å². The van der Waals surface area contributed by atoms with Crippen LogP contribution in [0.15, 0.2) is 17.5 Å². The van der Waals surface area contributed by atoms with E-state index < -0.39 is 0 Å². The number of rotatable bonds is 4. The Kier molecular flexibility index (Phi) is 4.70. The molecule has 3 unspecified atom stereocenters. The molecule has 1 aliphatic rings. The molecule has 0 bridgehead atoms. The molecule has 1 aromatic heterocycles. The van der Waals surface area contributed by atoms with Crippen molar-refractivity contribution in [3.8, 4) is 0 Å². The lowest BCUT2D eigenvalue weighted by atomic mass is 9.68. The van der Waals surface area contributed by atoms with E-state index in [0.717, 1.165) is 6.54 Å². The molecule has 0 amide bonds. The molecule has 0 aliphatic heterocycles. The van der Waals surface area contributed by atoms with Crippen molar-refractivity contribution >= 4 is 11.3 Å². The zero-order valence-electron chi connectivity index (χ0n) is 12.7. The van der Waals surface area contributed by atoms with E-state index in [9.17, 15) is 0 Å². The van der Waals surface area contributed by atoms with Crippen LogP contribution in [0, 0.1) is 11.3 Å². The molecular weight excluding hydrogens is 252 g/mol. The summed E-state index contributed by atoms with van der Waals surface area (Å²) in [4.78, 5) is 3.92. The van der Waals surface area contributed by atoms with Gasteiger partial charge in [0.25, 0.3) is 0 Å². The van der Waals surface area contributed by atoms with Gasteiger partial charge in [0, 0.05) is 23.5 Å². The van der Waals surface area contributed by atoms with E-state index in [0.29, 0.717) is 23.4 Å². The average Bonchev–Trinajstić information content (AvgIpc) is 2.87. The minimum Gasteiger partial charge on any atom is -0.327 e. The van der Waals surface area contributed by atoms with Crippen LogP contribution in [0.25, 0.3) is 0 Å². The summed E-state index contributed by atoms with van der Waals surface area (Å²) in [6, 6.07) is 5.20. The van der Waals surface area contributed by atoms with Crippen molar-refractivity contribution in [2.45, 2.75) is 52.1 Å². The van der Waals surface area contributed by atoms with E-state index in [-0.39, 0.29) is 0 Å². The van der Waals surface area contributed by atoms with E-state index in [1.165, 1.54) is 24.1 Å². The topological polar surface area (TPSA) is 29.3 Å². The maximum Gasteiger partial charge on any atom is 0.0410 e. The van der Waals surface area contributed by atoms with Gasteiger partial charge in [-0.2, -0.15) is 0 Å². The van der Waals surface area contributed by atoms with Crippen LogP contribution in [0.3, 0.4) is 0 Å². The molecular formula is C16H28N2S. The fourth-order valence-corrected chi connectivity index (χ4v) is 4.13. The Labute approximate surface area is 122 Å². The lowest BCUT2D eigenvalue weighted by molar-refractivity contribution is 0.0994. The lowest BCUT2D eigenvalue weighted by Gasteiger charge is -2.43. The minimum absolute atomic E-state index is 0.302. The Balaban J connectivity index is 1.96. The fraction of sp³-hybridized carbons (Fsp3) is 0.750. The van der Waals surface area contributed by atoms with Crippen molar-refractivity contribution in [1.29, 1.82) is 0 Å². The molecule has 0 aromatic carbocycles. The van der Waals surface area contributed by atoms with Crippen LogP contribution in [0.2, 0.25) is 0 Å². The molecule has 1 heterocycles. The van der Waals surface area contributed by atoms with Crippen molar-refractivity contribution in [2.75, 3.05) is 13.6 Å². The van der Waals surface area contributed by atoms with Crippen LogP contribution in [-0.2, 0) is 0 Å². The maximum absolute atomic E-state index is 6.50. The summed E-state index contributed by atoms with van der Waals surface area (Å²) in [5.74, 6) is 0.635. The predicted molar refractivity (Wildman–Crippen MR) is 84.5 cm³/mol. The highest BCUT2D eigenvalue weighted by atomic mass is 32.1. The summed E-state index contributed by atoms with van der Waals surface area (Å²) < 4.78 is 0. The Hall–Kier alpha value is -0.380. The zero-order chi connectivity index (χ0) is 14.0. The highest BCUT2D eigenvalue weighted by Gasteiger charge is 2.37. The molecule has 3 heteroatoms. The summed E-state index contributed by atoms with van der Waals surface area (Å²) in [6.07, 6.45) is 3.88. The Morgan fingerprint density at radius 3 is 2.89 bits per heavy atom. The molecule has 1 saturated carbocycles. The third-order valence-electron chi connectivity index (χ3n) is 4.94. The molecule has 1 aliphatic carbocycles. The molecule has 1 fully saturated rings. The average molecular weight is 280 g/mol. The summed E-state index contributed by atoms with van der Waals surface area (Å²) in [7, 11) is 2.23. The summed E-state index contributed by atoms with van der Waals surface area (Å²) >= 11 is 1.85. The number of thiophene rings is 1. The molecule has 0 spiro atoms. The second-order valence-electron chi connectivity index (χ2n) is 6.80. The number of hydrogen-bond acceptors (Lipinski definition) is 3. The first-order valence-corrected chi connectivity index (χ1v) is 8.29. The third kappa shape index (κ3) is 3.39. The number of nitrogens with two attached hydrogens (primary N) is 1. The van der Waals surface area contributed by atoms with Crippen molar-refractivity contribution in [3.63, 3.8) is 0 Å². The van der Waals surface area contributed by atoms with E-state index in [1.807, 2.05) is 11.3 Å². The van der Waals surface area contributed by atoms with Gasteiger partial charge in [-0.3, -0.25) is 4.90 Å². The van der Waals surface area contributed by atoms with Crippen LogP contribution in [0.5, 0.6) is 0 Å². The number of hydrogen-bond donors (Lipinski definition) is 1. The monoisotopic (exact) mass is 280 g/mol. The first-order valence-electron chi connectivity index (χ1n) is 7.41. The Bertz CT molecular complexity index is 385. The molecule has 2 N–H and O–H groups in total. The van der Waals surface area contributed by atoms with E-state index in [2.05, 4.69) is 50.2 Å². The van der Waals surface area contributed by atoms with Gasteiger partial charge in [-0.1, -0.05) is 26.3 Å². The summed E-state index contributed by atoms with van der Waals surface area (Å²) in [6.45, 7) is 8.06. The van der Waals surface area contributed by atoms with Crippen LogP contribution >= 0.6 is 11.3 Å². The molecule has 108 valence electrons. The van der Waals surface area contributed by atoms with E-state index in [1.54, 1.807) is 0 Å².